The van der Waals surface area contributed by atoms with Gasteiger partial charge >= 0.3 is 0 Å². The van der Waals surface area contributed by atoms with Crippen molar-refractivity contribution < 1.29 is 4.84 Å². The number of oxime groups is 1. The number of hydrogen-bond donors (Lipinski definition) is 0. The van der Waals surface area contributed by atoms with Crippen LogP contribution in [0, 0.1) is 5.92 Å². The van der Waals surface area contributed by atoms with Crippen LogP contribution in [0.5, 0.6) is 0 Å². The molecular weight excluding hydrogens is 152 g/mol. The van der Waals surface area contributed by atoms with Gasteiger partial charge in [-0.2, -0.15) is 0 Å². The molecule has 0 aliphatic heterocycles. The molecule has 1 fully saturated rings. The van der Waals surface area contributed by atoms with Crippen LogP contribution in [-0.2, 0) is 4.84 Å². The Labute approximate surface area is 74.4 Å². The van der Waals surface area contributed by atoms with E-state index in [1.54, 1.807) is 0 Å². The number of likely N-dealkylation sites (N-methyl/N-ethyl adjacent to an activating group) is 1. The van der Waals surface area contributed by atoms with Crippen LogP contribution in [0.2, 0.25) is 0 Å². The standard InChI is InChI=1S/C9H18N2O/c1-11(2)6-7-12-10-8-9-4-3-5-9/h8-9H,3-7H2,1-2H3. The van der Waals surface area contributed by atoms with Gasteiger partial charge in [-0.15, -0.1) is 0 Å². The predicted octanol–water partition coefficient (Wildman–Crippen LogP) is 1.35. The van der Waals surface area contributed by atoms with Crippen LogP contribution in [-0.4, -0.2) is 38.4 Å². The molecule has 0 bridgehead atoms. The molecule has 0 heterocycles. The van der Waals surface area contributed by atoms with E-state index >= 15 is 0 Å². The van der Waals surface area contributed by atoms with Crippen molar-refractivity contribution in [1.82, 2.24) is 4.90 Å². The van der Waals surface area contributed by atoms with Crippen molar-refractivity contribution in [2.45, 2.75) is 19.3 Å². The molecular formula is C9H18N2O. The van der Waals surface area contributed by atoms with Gasteiger partial charge < -0.3 is 9.74 Å². The Hall–Kier alpha value is -0.570. The summed E-state index contributed by atoms with van der Waals surface area (Å²) >= 11 is 0. The van der Waals surface area contributed by atoms with Gasteiger partial charge in [-0.05, 0) is 32.9 Å². The number of rotatable bonds is 5. The van der Waals surface area contributed by atoms with Crippen LogP contribution in [0.1, 0.15) is 19.3 Å². The lowest BCUT2D eigenvalue weighted by Crippen LogP contribution is -2.17. The molecule has 1 rings (SSSR count). The Morgan fingerprint density at radius 1 is 1.50 bits per heavy atom. The van der Waals surface area contributed by atoms with Crippen LogP contribution >= 0.6 is 0 Å². The zero-order valence-electron chi connectivity index (χ0n) is 7.99. The second-order valence-corrected chi connectivity index (χ2v) is 3.58. The first-order valence-electron chi connectivity index (χ1n) is 4.59. The monoisotopic (exact) mass is 170 g/mol. The van der Waals surface area contributed by atoms with Crippen molar-refractivity contribution in [1.29, 1.82) is 0 Å². The fraction of sp³-hybridized carbons (Fsp3) is 0.889. The molecule has 0 unspecified atom stereocenters. The second-order valence-electron chi connectivity index (χ2n) is 3.58. The second kappa shape index (κ2) is 5.14. The average Bonchev–Trinajstić information content (AvgIpc) is 1.92. The summed E-state index contributed by atoms with van der Waals surface area (Å²) in [6.45, 7) is 1.62. The van der Waals surface area contributed by atoms with E-state index in [2.05, 4.69) is 10.1 Å². The average molecular weight is 170 g/mol. The molecule has 0 atom stereocenters. The van der Waals surface area contributed by atoms with Crippen molar-refractivity contribution in [2.75, 3.05) is 27.2 Å². The van der Waals surface area contributed by atoms with Gasteiger partial charge in [-0.25, -0.2) is 0 Å². The molecule has 1 aliphatic carbocycles. The van der Waals surface area contributed by atoms with E-state index in [0.717, 1.165) is 6.54 Å². The SMILES string of the molecule is CN(C)CCON=CC1CCC1. The van der Waals surface area contributed by atoms with Crippen LogP contribution in [0.3, 0.4) is 0 Å². The molecule has 0 saturated heterocycles. The Balaban J connectivity index is 1.90. The Morgan fingerprint density at radius 3 is 2.75 bits per heavy atom. The number of hydrogen-bond acceptors (Lipinski definition) is 3. The van der Waals surface area contributed by atoms with E-state index in [0.29, 0.717) is 12.5 Å². The minimum atomic E-state index is 0.691. The molecule has 0 aromatic heterocycles. The maximum Gasteiger partial charge on any atom is 0.129 e. The van der Waals surface area contributed by atoms with Crippen LogP contribution in [0.4, 0.5) is 0 Å². The molecule has 70 valence electrons. The van der Waals surface area contributed by atoms with Crippen molar-refractivity contribution in [2.24, 2.45) is 11.1 Å². The molecule has 1 saturated carbocycles. The smallest absolute Gasteiger partial charge is 0.129 e. The maximum atomic E-state index is 5.08. The van der Waals surface area contributed by atoms with Gasteiger partial charge in [0, 0.05) is 12.8 Å². The van der Waals surface area contributed by atoms with Gasteiger partial charge in [-0.3, -0.25) is 0 Å². The molecule has 3 heteroatoms. The largest absolute Gasteiger partial charge is 0.395 e. The fourth-order valence-electron chi connectivity index (χ4n) is 0.994. The Bertz CT molecular complexity index is 141. The molecule has 0 amide bonds. The first-order chi connectivity index (χ1) is 5.79. The predicted molar refractivity (Wildman–Crippen MR) is 50.3 cm³/mol. The van der Waals surface area contributed by atoms with Gasteiger partial charge in [0.1, 0.15) is 6.61 Å². The summed E-state index contributed by atoms with van der Waals surface area (Å²) in [5.74, 6) is 0.698. The highest BCUT2D eigenvalue weighted by Gasteiger charge is 2.14. The normalized spacial score (nSPS) is 18.6. The lowest BCUT2D eigenvalue weighted by Gasteiger charge is -2.19. The molecule has 0 radical (unpaired) electrons. The molecule has 0 N–H and O–H groups in total. The Morgan fingerprint density at radius 2 is 2.25 bits per heavy atom. The topological polar surface area (TPSA) is 24.8 Å². The zero-order valence-corrected chi connectivity index (χ0v) is 7.99. The van der Waals surface area contributed by atoms with Crippen molar-refractivity contribution >= 4 is 6.21 Å². The molecule has 0 aromatic carbocycles. The molecule has 12 heavy (non-hydrogen) atoms. The van der Waals surface area contributed by atoms with E-state index in [1.807, 2.05) is 20.3 Å². The van der Waals surface area contributed by atoms with E-state index in [9.17, 15) is 0 Å². The molecule has 3 nitrogen and oxygen atoms in total. The summed E-state index contributed by atoms with van der Waals surface area (Å²) in [7, 11) is 4.05. The zero-order chi connectivity index (χ0) is 8.81. The van der Waals surface area contributed by atoms with Crippen molar-refractivity contribution in [3.05, 3.63) is 0 Å². The third-order valence-electron chi connectivity index (χ3n) is 2.13. The highest BCUT2D eigenvalue weighted by atomic mass is 16.6. The maximum absolute atomic E-state index is 5.08. The van der Waals surface area contributed by atoms with Gasteiger partial charge in [0.05, 0.1) is 0 Å². The summed E-state index contributed by atoms with van der Waals surface area (Å²) < 4.78 is 0. The van der Waals surface area contributed by atoms with E-state index in [1.165, 1.54) is 19.3 Å². The van der Waals surface area contributed by atoms with E-state index < -0.39 is 0 Å². The lowest BCUT2D eigenvalue weighted by atomic mass is 9.87. The lowest BCUT2D eigenvalue weighted by molar-refractivity contribution is 0.125. The highest BCUT2D eigenvalue weighted by Crippen LogP contribution is 2.23. The number of nitrogens with zero attached hydrogens (tertiary/aromatic N) is 2. The van der Waals surface area contributed by atoms with Gasteiger partial charge in [-0.1, -0.05) is 11.6 Å². The Kier molecular flexibility index (Phi) is 4.08. The van der Waals surface area contributed by atoms with Gasteiger partial charge in [0.15, 0.2) is 0 Å². The first kappa shape index (κ1) is 9.52. The third-order valence-corrected chi connectivity index (χ3v) is 2.13. The summed E-state index contributed by atoms with van der Waals surface area (Å²) in [6.07, 6.45) is 5.88. The van der Waals surface area contributed by atoms with E-state index in [4.69, 9.17) is 4.84 Å². The van der Waals surface area contributed by atoms with Crippen molar-refractivity contribution in [3.8, 4) is 0 Å². The first-order valence-corrected chi connectivity index (χ1v) is 4.59. The molecule has 1 aliphatic rings. The summed E-state index contributed by atoms with van der Waals surface area (Å²) in [5, 5.41) is 3.91. The van der Waals surface area contributed by atoms with Crippen LogP contribution in [0.25, 0.3) is 0 Å². The van der Waals surface area contributed by atoms with Gasteiger partial charge in [0.2, 0.25) is 0 Å². The minimum absolute atomic E-state index is 0.691. The quantitative estimate of drug-likeness (QED) is 0.353. The summed E-state index contributed by atoms with van der Waals surface area (Å²) in [4.78, 5) is 7.16. The van der Waals surface area contributed by atoms with Crippen LogP contribution in [0.15, 0.2) is 5.16 Å². The molecule has 0 aromatic rings. The molecule has 0 spiro atoms. The van der Waals surface area contributed by atoms with E-state index in [-0.39, 0.29) is 0 Å². The summed E-state index contributed by atoms with van der Waals surface area (Å²) in [5.41, 5.74) is 0. The minimum Gasteiger partial charge on any atom is -0.395 e. The van der Waals surface area contributed by atoms with Crippen LogP contribution < -0.4 is 0 Å². The van der Waals surface area contributed by atoms with Crippen molar-refractivity contribution in [3.63, 3.8) is 0 Å². The third kappa shape index (κ3) is 3.72. The summed E-state index contributed by atoms with van der Waals surface area (Å²) in [6, 6.07) is 0. The fourth-order valence-corrected chi connectivity index (χ4v) is 0.994. The van der Waals surface area contributed by atoms with Gasteiger partial charge in [0.25, 0.3) is 0 Å². The highest BCUT2D eigenvalue weighted by molar-refractivity contribution is 5.60.